The van der Waals surface area contributed by atoms with Crippen LogP contribution in [0.5, 0.6) is 0 Å². The molecule has 7 heteroatoms. The first-order chi connectivity index (χ1) is 12.1. The molecule has 0 unspecified atom stereocenters. The molecule has 0 spiro atoms. The predicted molar refractivity (Wildman–Crippen MR) is 96.4 cm³/mol. The molecule has 3 rings (SSSR count). The second-order valence-corrected chi connectivity index (χ2v) is 6.56. The second kappa shape index (κ2) is 8.11. The van der Waals surface area contributed by atoms with Crippen LogP contribution in [0, 0.1) is 6.92 Å². The van der Waals surface area contributed by atoms with Gasteiger partial charge in [-0.05, 0) is 57.1 Å². The molecule has 2 heterocycles. The monoisotopic (exact) mass is 343 g/mol. The van der Waals surface area contributed by atoms with Gasteiger partial charge < -0.3 is 20.0 Å². The molecule has 2 aromatic rings. The lowest BCUT2D eigenvalue weighted by Gasteiger charge is -2.29. The number of hydrogen-bond acceptors (Lipinski definition) is 5. The van der Waals surface area contributed by atoms with Crippen molar-refractivity contribution in [3.05, 3.63) is 30.2 Å². The fourth-order valence-corrected chi connectivity index (χ4v) is 3.08. The van der Waals surface area contributed by atoms with Crippen molar-refractivity contribution in [3.63, 3.8) is 0 Å². The number of hydrogen-bond donors (Lipinski definition) is 2. The van der Waals surface area contributed by atoms with E-state index in [4.69, 9.17) is 4.42 Å². The molecular formula is C18H25N5O2. The molecule has 25 heavy (non-hydrogen) atoms. The smallest absolute Gasteiger partial charge is 0.319 e. The van der Waals surface area contributed by atoms with E-state index in [1.165, 1.54) is 19.3 Å². The normalized spacial score (nSPS) is 16.4. The number of piperidine rings is 1. The number of carbonyl (C=O) groups excluding carboxylic acids is 1. The lowest BCUT2D eigenvalue weighted by molar-refractivity contribution is 0.206. The number of nitrogens with one attached hydrogen (secondary N) is 2. The highest BCUT2D eigenvalue weighted by atomic mass is 16.4. The summed E-state index contributed by atoms with van der Waals surface area (Å²) in [6.45, 7) is 6.94. The summed E-state index contributed by atoms with van der Waals surface area (Å²) in [5.41, 5.74) is 1.55. The average Bonchev–Trinajstić information content (AvgIpc) is 3.02. The Balaban J connectivity index is 1.48. The number of nitrogens with zero attached hydrogens (tertiary/aromatic N) is 3. The summed E-state index contributed by atoms with van der Waals surface area (Å²) < 4.78 is 5.39. The largest absolute Gasteiger partial charge is 0.421 e. The SMILES string of the molecule is Cc1nnc(-c2ccc(NC(=O)N[C@@H](C)CN3CCCCC3)cc2)o1. The highest BCUT2D eigenvalue weighted by Crippen LogP contribution is 2.20. The van der Waals surface area contributed by atoms with Gasteiger partial charge in [0.25, 0.3) is 0 Å². The Hall–Kier alpha value is -2.41. The van der Waals surface area contributed by atoms with E-state index in [1.54, 1.807) is 6.92 Å². The quantitative estimate of drug-likeness (QED) is 0.872. The number of aryl methyl sites for hydroxylation is 1. The zero-order valence-electron chi connectivity index (χ0n) is 14.8. The lowest BCUT2D eigenvalue weighted by atomic mass is 10.1. The van der Waals surface area contributed by atoms with Gasteiger partial charge in [-0.25, -0.2) is 4.79 Å². The van der Waals surface area contributed by atoms with Crippen molar-refractivity contribution in [2.45, 2.75) is 39.2 Å². The Bertz CT molecular complexity index is 692. The number of urea groups is 1. The molecule has 1 aliphatic heterocycles. The maximum Gasteiger partial charge on any atom is 0.319 e. The second-order valence-electron chi connectivity index (χ2n) is 6.56. The molecule has 0 bridgehead atoms. The van der Waals surface area contributed by atoms with E-state index in [1.807, 2.05) is 31.2 Å². The van der Waals surface area contributed by atoms with E-state index in [0.29, 0.717) is 11.8 Å². The van der Waals surface area contributed by atoms with E-state index in [-0.39, 0.29) is 12.1 Å². The van der Waals surface area contributed by atoms with Crippen LogP contribution in [0.25, 0.3) is 11.5 Å². The van der Waals surface area contributed by atoms with Crippen LogP contribution in [0.3, 0.4) is 0 Å². The highest BCUT2D eigenvalue weighted by Gasteiger charge is 2.15. The average molecular weight is 343 g/mol. The van der Waals surface area contributed by atoms with Crippen LogP contribution >= 0.6 is 0 Å². The number of carbonyl (C=O) groups is 1. The standard InChI is InChI=1S/C18H25N5O2/c1-13(12-23-10-4-3-5-11-23)19-18(24)20-16-8-6-15(7-9-16)17-22-21-14(2)25-17/h6-9,13H,3-5,10-12H2,1-2H3,(H2,19,20,24)/t13-/m0/s1. The van der Waals surface area contributed by atoms with Crippen LogP contribution in [0.15, 0.2) is 28.7 Å². The van der Waals surface area contributed by atoms with Gasteiger partial charge in [0.2, 0.25) is 11.8 Å². The maximum absolute atomic E-state index is 12.1. The van der Waals surface area contributed by atoms with Gasteiger partial charge in [0.05, 0.1) is 0 Å². The highest BCUT2D eigenvalue weighted by molar-refractivity contribution is 5.89. The van der Waals surface area contributed by atoms with Crippen molar-refractivity contribution in [2.24, 2.45) is 0 Å². The first-order valence-electron chi connectivity index (χ1n) is 8.80. The van der Waals surface area contributed by atoms with Gasteiger partial charge in [-0.3, -0.25) is 0 Å². The van der Waals surface area contributed by atoms with E-state index in [9.17, 15) is 4.79 Å². The Morgan fingerprint density at radius 2 is 1.92 bits per heavy atom. The Morgan fingerprint density at radius 1 is 1.20 bits per heavy atom. The van der Waals surface area contributed by atoms with Gasteiger partial charge in [-0.1, -0.05) is 6.42 Å². The lowest BCUT2D eigenvalue weighted by Crippen LogP contribution is -2.45. The summed E-state index contributed by atoms with van der Waals surface area (Å²) >= 11 is 0. The summed E-state index contributed by atoms with van der Waals surface area (Å²) in [7, 11) is 0. The van der Waals surface area contributed by atoms with Crippen molar-refractivity contribution in [3.8, 4) is 11.5 Å². The molecule has 1 aliphatic rings. The molecule has 2 amide bonds. The Labute approximate surface area is 147 Å². The molecule has 1 aromatic carbocycles. The maximum atomic E-state index is 12.1. The topological polar surface area (TPSA) is 83.3 Å². The molecule has 7 nitrogen and oxygen atoms in total. The van der Waals surface area contributed by atoms with Crippen LogP contribution in [-0.2, 0) is 0 Å². The van der Waals surface area contributed by atoms with Crippen molar-refractivity contribution >= 4 is 11.7 Å². The van der Waals surface area contributed by atoms with E-state index < -0.39 is 0 Å². The van der Waals surface area contributed by atoms with E-state index in [2.05, 4.69) is 25.7 Å². The Morgan fingerprint density at radius 3 is 2.56 bits per heavy atom. The molecule has 1 atom stereocenters. The van der Waals surface area contributed by atoms with Gasteiger partial charge in [-0.15, -0.1) is 10.2 Å². The molecule has 1 saturated heterocycles. The van der Waals surface area contributed by atoms with Crippen molar-refractivity contribution in [1.82, 2.24) is 20.4 Å². The third-order valence-electron chi connectivity index (χ3n) is 4.27. The van der Waals surface area contributed by atoms with Gasteiger partial charge >= 0.3 is 6.03 Å². The first-order valence-corrected chi connectivity index (χ1v) is 8.80. The summed E-state index contributed by atoms with van der Waals surface area (Å²) in [6, 6.07) is 7.26. The zero-order valence-corrected chi connectivity index (χ0v) is 14.8. The van der Waals surface area contributed by atoms with Gasteiger partial charge in [0.15, 0.2) is 0 Å². The zero-order chi connectivity index (χ0) is 17.6. The summed E-state index contributed by atoms with van der Waals surface area (Å²) in [5.74, 6) is 1.00. The van der Waals surface area contributed by atoms with Crippen LogP contribution in [0.2, 0.25) is 0 Å². The molecule has 1 aromatic heterocycles. The minimum absolute atomic E-state index is 0.110. The van der Waals surface area contributed by atoms with Crippen LogP contribution in [0.1, 0.15) is 32.1 Å². The van der Waals surface area contributed by atoms with Gasteiger partial charge in [-0.2, -0.15) is 0 Å². The molecule has 2 N–H and O–H groups in total. The number of anilines is 1. The van der Waals surface area contributed by atoms with Crippen molar-refractivity contribution < 1.29 is 9.21 Å². The Kier molecular flexibility index (Phi) is 5.65. The third-order valence-corrected chi connectivity index (χ3v) is 4.27. The van der Waals surface area contributed by atoms with Crippen molar-refractivity contribution in [2.75, 3.05) is 25.0 Å². The fourth-order valence-electron chi connectivity index (χ4n) is 3.08. The number of amides is 2. The third kappa shape index (κ3) is 5.03. The van der Waals surface area contributed by atoms with Gasteiger partial charge in [0, 0.05) is 30.8 Å². The van der Waals surface area contributed by atoms with E-state index in [0.717, 1.165) is 30.9 Å². The fraction of sp³-hybridized carbons (Fsp3) is 0.500. The van der Waals surface area contributed by atoms with Crippen molar-refractivity contribution in [1.29, 1.82) is 0 Å². The molecule has 134 valence electrons. The van der Waals surface area contributed by atoms with E-state index >= 15 is 0 Å². The molecule has 1 fully saturated rings. The molecule has 0 radical (unpaired) electrons. The summed E-state index contributed by atoms with van der Waals surface area (Å²) in [5, 5.41) is 13.6. The van der Waals surface area contributed by atoms with Crippen LogP contribution < -0.4 is 10.6 Å². The number of likely N-dealkylation sites (tertiary alicyclic amines) is 1. The number of rotatable bonds is 5. The summed E-state index contributed by atoms with van der Waals surface area (Å²) in [6.07, 6.45) is 3.83. The van der Waals surface area contributed by atoms with Crippen LogP contribution in [0.4, 0.5) is 10.5 Å². The summed E-state index contributed by atoms with van der Waals surface area (Å²) in [4.78, 5) is 14.6. The predicted octanol–water partition coefficient (Wildman–Crippen LogP) is 3.04. The minimum Gasteiger partial charge on any atom is -0.421 e. The van der Waals surface area contributed by atoms with Crippen LogP contribution in [-0.4, -0.2) is 46.8 Å². The molecule has 0 saturated carbocycles. The number of benzene rings is 1. The molecule has 0 aliphatic carbocycles. The van der Waals surface area contributed by atoms with Gasteiger partial charge in [0.1, 0.15) is 0 Å². The minimum atomic E-state index is -0.189. The number of aromatic nitrogens is 2. The molecular weight excluding hydrogens is 318 g/mol. The first kappa shape index (κ1) is 17.4.